The van der Waals surface area contributed by atoms with Gasteiger partial charge in [0, 0.05) is 69.4 Å². The molecule has 0 radical (unpaired) electrons. The number of β-amino-alcohol motifs (C(OH)–C–C–N with tert-alkyl or cyclic N) is 1. The molecule has 170 valence electrons. The van der Waals surface area contributed by atoms with Crippen molar-refractivity contribution in [3.63, 3.8) is 0 Å². The number of aliphatic hydroxyl groups is 1. The zero-order valence-electron chi connectivity index (χ0n) is 18.5. The number of anilines is 2. The summed E-state index contributed by atoms with van der Waals surface area (Å²) in [5, 5.41) is 12.3. The minimum absolute atomic E-state index is 0.152. The number of aliphatic hydroxyl groups excluding tert-OH is 1. The minimum Gasteiger partial charge on any atom is -0.487 e. The number of carbonyl (C=O) groups is 1. The summed E-state index contributed by atoms with van der Waals surface area (Å²) in [6.45, 7) is 8.17. The number of aromatic nitrogens is 2. The Morgan fingerprint density at radius 1 is 1.25 bits per heavy atom. The van der Waals surface area contributed by atoms with Crippen molar-refractivity contribution in [2.45, 2.75) is 25.9 Å². The average molecular weight is 439 g/mol. The van der Waals surface area contributed by atoms with Crippen LogP contribution in [-0.4, -0.2) is 70.8 Å². The van der Waals surface area contributed by atoms with Gasteiger partial charge in [0.1, 0.15) is 11.4 Å². The summed E-state index contributed by atoms with van der Waals surface area (Å²) in [6, 6.07) is 5.70. The van der Waals surface area contributed by atoms with Gasteiger partial charge in [-0.25, -0.2) is 9.97 Å². The first-order chi connectivity index (χ1) is 15.4. The molecule has 4 N–H and O–H groups in total. The van der Waals surface area contributed by atoms with Crippen LogP contribution in [0.5, 0.6) is 5.75 Å². The summed E-state index contributed by atoms with van der Waals surface area (Å²) >= 11 is 0. The van der Waals surface area contributed by atoms with Crippen LogP contribution >= 0.6 is 0 Å². The van der Waals surface area contributed by atoms with E-state index in [0.29, 0.717) is 12.2 Å². The summed E-state index contributed by atoms with van der Waals surface area (Å²) in [7, 11) is 0. The van der Waals surface area contributed by atoms with Crippen molar-refractivity contribution >= 4 is 22.9 Å². The number of hydrogen-bond donors (Lipinski definition) is 3. The molecule has 1 aromatic carbocycles. The van der Waals surface area contributed by atoms with Crippen LogP contribution in [0.2, 0.25) is 0 Å². The van der Waals surface area contributed by atoms with E-state index in [-0.39, 0.29) is 29.5 Å². The Morgan fingerprint density at radius 3 is 2.62 bits per heavy atom. The number of hydrogen-bond acceptors (Lipinski definition) is 8. The van der Waals surface area contributed by atoms with Crippen LogP contribution in [0.1, 0.15) is 25.2 Å². The Hall–Kier alpha value is -3.17. The van der Waals surface area contributed by atoms with Crippen molar-refractivity contribution in [1.29, 1.82) is 0 Å². The SMILES string of the molecule is CC1(C)Cc2cc(NC(=O)C(=CN)c3ncccn3)c(N3CCN(CCO)CC3)cc2O1. The normalized spacial score (nSPS) is 18.2. The molecule has 0 saturated carbocycles. The van der Waals surface area contributed by atoms with Crippen LogP contribution in [-0.2, 0) is 11.2 Å². The lowest BCUT2D eigenvalue weighted by Crippen LogP contribution is -2.47. The number of fused-ring (bicyclic) bond motifs is 1. The second-order valence-electron chi connectivity index (χ2n) is 8.67. The summed E-state index contributed by atoms with van der Waals surface area (Å²) < 4.78 is 6.15. The number of nitrogens with two attached hydrogens (primary N) is 1. The first kappa shape index (κ1) is 22.0. The molecule has 2 aromatic rings. The van der Waals surface area contributed by atoms with Crippen molar-refractivity contribution < 1.29 is 14.6 Å². The molecule has 3 heterocycles. The van der Waals surface area contributed by atoms with Crippen LogP contribution in [0, 0.1) is 0 Å². The van der Waals surface area contributed by atoms with Gasteiger partial charge in [0.25, 0.3) is 5.91 Å². The molecule has 0 atom stereocenters. The van der Waals surface area contributed by atoms with E-state index in [0.717, 1.165) is 49.6 Å². The van der Waals surface area contributed by atoms with Gasteiger partial charge in [0.2, 0.25) is 0 Å². The lowest BCUT2D eigenvalue weighted by Gasteiger charge is -2.36. The van der Waals surface area contributed by atoms with E-state index in [1.165, 1.54) is 6.20 Å². The third-order valence-corrected chi connectivity index (χ3v) is 5.78. The van der Waals surface area contributed by atoms with Gasteiger partial charge in [0.05, 0.1) is 23.6 Å². The quantitative estimate of drug-likeness (QED) is 0.577. The molecule has 9 nitrogen and oxygen atoms in total. The monoisotopic (exact) mass is 438 g/mol. The number of benzene rings is 1. The van der Waals surface area contributed by atoms with Gasteiger partial charge in [-0.15, -0.1) is 0 Å². The largest absolute Gasteiger partial charge is 0.487 e. The Balaban J connectivity index is 1.63. The summed E-state index contributed by atoms with van der Waals surface area (Å²) in [5.74, 6) is 0.760. The molecule has 1 fully saturated rings. The van der Waals surface area contributed by atoms with Crippen LogP contribution in [0.3, 0.4) is 0 Å². The Bertz CT molecular complexity index is 1000. The molecule has 4 rings (SSSR count). The highest BCUT2D eigenvalue weighted by molar-refractivity contribution is 6.24. The maximum Gasteiger partial charge on any atom is 0.261 e. The molecule has 0 aliphatic carbocycles. The third-order valence-electron chi connectivity index (χ3n) is 5.78. The highest BCUT2D eigenvalue weighted by atomic mass is 16.5. The van der Waals surface area contributed by atoms with E-state index < -0.39 is 0 Å². The van der Waals surface area contributed by atoms with E-state index in [9.17, 15) is 9.90 Å². The maximum absolute atomic E-state index is 13.1. The van der Waals surface area contributed by atoms with Crippen LogP contribution < -0.4 is 20.7 Å². The Labute approximate surface area is 187 Å². The molecule has 32 heavy (non-hydrogen) atoms. The second-order valence-corrected chi connectivity index (χ2v) is 8.67. The minimum atomic E-state index is -0.364. The smallest absolute Gasteiger partial charge is 0.261 e. The molecule has 0 bridgehead atoms. The van der Waals surface area contributed by atoms with Gasteiger partial charge in [-0.3, -0.25) is 9.69 Å². The molecular formula is C23H30N6O3. The standard InChI is InChI=1S/C23H30N6O3/c1-23(2)14-16-12-18(27-22(31)17(15-24)21-25-4-3-5-26-21)19(13-20(16)32-23)29-8-6-28(7-9-29)10-11-30/h3-5,12-13,15,30H,6-11,14,24H2,1-2H3,(H,27,31). The van der Waals surface area contributed by atoms with Crippen molar-refractivity contribution in [3.8, 4) is 5.75 Å². The Kier molecular flexibility index (Phi) is 6.29. The van der Waals surface area contributed by atoms with Crippen LogP contribution in [0.4, 0.5) is 11.4 Å². The van der Waals surface area contributed by atoms with Crippen molar-refractivity contribution in [2.75, 3.05) is 49.5 Å². The lowest BCUT2D eigenvalue weighted by atomic mass is 10.0. The fourth-order valence-electron chi connectivity index (χ4n) is 4.23. The second kappa shape index (κ2) is 9.13. The zero-order chi connectivity index (χ0) is 22.7. The first-order valence-electron chi connectivity index (χ1n) is 10.8. The average Bonchev–Trinajstić information content (AvgIpc) is 3.08. The fourth-order valence-corrected chi connectivity index (χ4v) is 4.23. The molecule has 2 aliphatic heterocycles. The lowest BCUT2D eigenvalue weighted by molar-refractivity contribution is -0.111. The summed E-state index contributed by atoms with van der Waals surface area (Å²) in [5.41, 5.74) is 8.34. The third kappa shape index (κ3) is 4.68. The zero-order valence-corrected chi connectivity index (χ0v) is 18.5. The Morgan fingerprint density at radius 2 is 1.97 bits per heavy atom. The maximum atomic E-state index is 13.1. The number of ether oxygens (including phenoxy) is 1. The number of carbonyl (C=O) groups excluding carboxylic acids is 1. The van der Waals surface area contributed by atoms with Gasteiger partial charge < -0.3 is 25.8 Å². The van der Waals surface area contributed by atoms with E-state index in [1.807, 2.05) is 12.1 Å². The number of amides is 1. The van der Waals surface area contributed by atoms with E-state index in [4.69, 9.17) is 10.5 Å². The molecule has 9 heteroatoms. The van der Waals surface area contributed by atoms with Crippen molar-refractivity contribution in [2.24, 2.45) is 5.73 Å². The molecule has 0 unspecified atom stereocenters. The molecular weight excluding hydrogens is 408 g/mol. The van der Waals surface area contributed by atoms with E-state index in [2.05, 4.69) is 38.9 Å². The number of nitrogens with zero attached hydrogens (tertiary/aromatic N) is 4. The number of rotatable bonds is 6. The highest BCUT2D eigenvalue weighted by Crippen LogP contribution is 2.42. The number of piperazine rings is 1. The van der Waals surface area contributed by atoms with Crippen molar-refractivity contribution in [3.05, 3.63) is 48.2 Å². The topological polar surface area (TPSA) is 117 Å². The fraction of sp³-hybridized carbons (Fsp3) is 0.435. The van der Waals surface area contributed by atoms with Gasteiger partial charge in [0.15, 0.2) is 5.82 Å². The van der Waals surface area contributed by atoms with E-state index in [1.54, 1.807) is 18.5 Å². The highest BCUT2D eigenvalue weighted by Gasteiger charge is 2.32. The van der Waals surface area contributed by atoms with Gasteiger partial charge in [-0.1, -0.05) is 0 Å². The van der Waals surface area contributed by atoms with Crippen LogP contribution in [0.25, 0.3) is 5.57 Å². The summed E-state index contributed by atoms with van der Waals surface area (Å²) in [4.78, 5) is 25.9. The molecule has 0 spiro atoms. The molecule has 1 amide bonds. The predicted octanol–water partition coefficient (Wildman–Crippen LogP) is 1.24. The van der Waals surface area contributed by atoms with Gasteiger partial charge >= 0.3 is 0 Å². The van der Waals surface area contributed by atoms with Crippen LogP contribution in [0.15, 0.2) is 36.8 Å². The predicted molar refractivity (Wildman–Crippen MR) is 123 cm³/mol. The number of nitrogens with one attached hydrogen (secondary N) is 1. The molecule has 1 saturated heterocycles. The van der Waals surface area contributed by atoms with Gasteiger partial charge in [-0.2, -0.15) is 0 Å². The molecule has 1 aromatic heterocycles. The van der Waals surface area contributed by atoms with Crippen molar-refractivity contribution in [1.82, 2.24) is 14.9 Å². The van der Waals surface area contributed by atoms with Gasteiger partial charge in [-0.05, 0) is 26.0 Å². The summed E-state index contributed by atoms with van der Waals surface area (Å²) in [6.07, 6.45) is 5.14. The van der Waals surface area contributed by atoms with E-state index >= 15 is 0 Å². The molecule has 2 aliphatic rings. The first-order valence-corrected chi connectivity index (χ1v) is 10.8.